The lowest BCUT2D eigenvalue weighted by Gasteiger charge is -2.35. The van der Waals surface area contributed by atoms with E-state index in [9.17, 15) is 9.59 Å². The zero-order valence-electron chi connectivity index (χ0n) is 14.4. The van der Waals surface area contributed by atoms with Crippen molar-refractivity contribution in [1.82, 2.24) is 24.9 Å². The maximum atomic E-state index is 12.4. The van der Waals surface area contributed by atoms with Crippen molar-refractivity contribution >= 4 is 47.4 Å². The average Bonchev–Trinajstić information content (AvgIpc) is 2.94. The number of hydrogen-bond donors (Lipinski definition) is 1. The van der Waals surface area contributed by atoms with Gasteiger partial charge in [-0.15, -0.1) is 24.0 Å². The summed E-state index contributed by atoms with van der Waals surface area (Å²) in [6, 6.07) is 0. The summed E-state index contributed by atoms with van der Waals surface area (Å²) in [6.45, 7) is 1.55. The minimum Gasteiger partial charge on any atom is -0.347 e. The Kier molecular flexibility index (Phi) is 7.45. The van der Waals surface area contributed by atoms with Crippen molar-refractivity contribution < 1.29 is 9.59 Å². The number of amides is 2. The Labute approximate surface area is 158 Å². The first-order valence-electron chi connectivity index (χ1n) is 7.37. The molecule has 1 aliphatic rings. The van der Waals surface area contributed by atoms with E-state index in [1.165, 1.54) is 4.90 Å². The number of halogens is 1. The number of anilines is 1. The van der Waals surface area contributed by atoms with E-state index in [1.54, 1.807) is 36.9 Å². The molecule has 0 unspecified atom stereocenters. The van der Waals surface area contributed by atoms with Crippen LogP contribution in [0.15, 0.2) is 17.4 Å². The van der Waals surface area contributed by atoms with Gasteiger partial charge in [0, 0.05) is 47.5 Å². The van der Waals surface area contributed by atoms with E-state index in [-0.39, 0.29) is 48.9 Å². The first-order chi connectivity index (χ1) is 10.9. The fraction of sp³-hybridized carbons (Fsp3) is 0.571. The standard InChI is InChI=1S/C14H23N7O2.HI/c1-15-14(16-8-12(22)18(2)3)20-5-6-21(13(23)10-20)11-7-17-19(4)9-11;/h7,9H,5-6,8,10H2,1-4H3,(H,15,16);1H. The maximum Gasteiger partial charge on any atom is 0.246 e. The molecule has 0 aromatic carbocycles. The van der Waals surface area contributed by atoms with E-state index in [1.807, 2.05) is 18.1 Å². The normalized spacial score (nSPS) is 15.2. The number of aryl methyl sites for hydroxylation is 1. The molecule has 10 heteroatoms. The number of carbonyl (C=O) groups is 2. The van der Waals surface area contributed by atoms with Gasteiger partial charge < -0.3 is 20.0 Å². The predicted octanol–water partition coefficient (Wildman–Crippen LogP) is -0.650. The summed E-state index contributed by atoms with van der Waals surface area (Å²) < 4.78 is 1.67. The summed E-state index contributed by atoms with van der Waals surface area (Å²) in [5.74, 6) is 0.483. The third kappa shape index (κ3) is 4.82. The molecule has 0 atom stereocenters. The molecule has 0 saturated carbocycles. The van der Waals surface area contributed by atoms with Gasteiger partial charge in [-0.05, 0) is 0 Å². The van der Waals surface area contributed by atoms with Crippen LogP contribution in [0.2, 0.25) is 0 Å². The minimum atomic E-state index is -0.0496. The van der Waals surface area contributed by atoms with Crippen molar-refractivity contribution in [1.29, 1.82) is 0 Å². The van der Waals surface area contributed by atoms with Crippen molar-refractivity contribution in [2.75, 3.05) is 52.2 Å². The number of guanidine groups is 1. The second-order valence-corrected chi connectivity index (χ2v) is 5.53. The summed E-state index contributed by atoms with van der Waals surface area (Å²) >= 11 is 0. The summed E-state index contributed by atoms with van der Waals surface area (Å²) in [7, 11) is 6.85. The van der Waals surface area contributed by atoms with E-state index in [0.717, 1.165) is 5.69 Å². The van der Waals surface area contributed by atoms with Crippen LogP contribution in [-0.2, 0) is 16.6 Å². The molecule has 1 fully saturated rings. The van der Waals surface area contributed by atoms with Crippen LogP contribution in [-0.4, -0.2) is 84.7 Å². The van der Waals surface area contributed by atoms with E-state index in [4.69, 9.17) is 0 Å². The molecule has 2 amide bonds. The van der Waals surface area contributed by atoms with Crippen molar-refractivity contribution in [3.8, 4) is 0 Å². The smallest absolute Gasteiger partial charge is 0.246 e. The van der Waals surface area contributed by atoms with Crippen LogP contribution in [0.3, 0.4) is 0 Å². The number of carbonyl (C=O) groups excluding carboxylic acids is 2. The first-order valence-corrected chi connectivity index (χ1v) is 7.37. The Bertz CT molecular complexity index is 614. The Morgan fingerprint density at radius 2 is 2.12 bits per heavy atom. The number of nitrogens with zero attached hydrogens (tertiary/aromatic N) is 6. The van der Waals surface area contributed by atoms with Crippen molar-refractivity contribution in [2.45, 2.75) is 0 Å². The number of aliphatic imine (C=N–C) groups is 1. The predicted molar refractivity (Wildman–Crippen MR) is 103 cm³/mol. The molecule has 1 aromatic rings. The lowest BCUT2D eigenvalue weighted by molar-refractivity contribution is -0.127. The molecular weight excluding hydrogens is 425 g/mol. The third-order valence-electron chi connectivity index (χ3n) is 3.63. The van der Waals surface area contributed by atoms with Gasteiger partial charge in [-0.2, -0.15) is 5.10 Å². The topological polar surface area (TPSA) is 86.1 Å². The Morgan fingerprint density at radius 3 is 2.62 bits per heavy atom. The molecule has 2 rings (SSSR count). The van der Waals surface area contributed by atoms with E-state index in [2.05, 4.69) is 15.4 Å². The van der Waals surface area contributed by atoms with Gasteiger partial charge in [0.05, 0.1) is 18.4 Å². The molecule has 1 aromatic heterocycles. The molecular formula is C14H24IN7O2. The molecule has 24 heavy (non-hydrogen) atoms. The van der Waals surface area contributed by atoms with Crippen LogP contribution < -0.4 is 10.2 Å². The Morgan fingerprint density at radius 1 is 1.42 bits per heavy atom. The van der Waals surface area contributed by atoms with Crippen LogP contribution in [0.1, 0.15) is 0 Å². The Hall–Kier alpha value is -1.85. The van der Waals surface area contributed by atoms with Crippen LogP contribution in [0, 0.1) is 0 Å². The number of piperazine rings is 1. The SMILES string of the molecule is CN=C(NCC(=O)N(C)C)N1CCN(c2cnn(C)c2)C(=O)C1.I. The average molecular weight is 449 g/mol. The number of aromatic nitrogens is 2. The molecule has 1 aliphatic heterocycles. The lowest BCUT2D eigenvalue weighted by atomic mass is 10.3. The number of rotatable bonds is 3. The zero-order valence-corrected chi connectivity index (χ0v) is 16.7. The summed E-state index contributed by atoms with van der Waals surface area (Å²) in [5.41, 5.74) is 0.794. The quantitative estimate of drug-likeness (QED) is 0.377. The van der Waals surface area contributed by atoms with Crippen molar-refractivity contribution in [2.24, 2.45) is 12.0 Å². The van der Waals surface area contributed by atoms with Crippen molar-refractivity contribution in [3.05, 3.63) is 12.4 Å². The zero-order chi connectivity index (χ0) is 17.0. The number of hydrogen-bond acceptors (Lipinski definition) is 4. The molecule has 0 radical (unpaired) electrons. The monoisotopic (exact) mass is 449 g/mol. The summed E-state index contributed by atoms with van der Waals surface area (Å²) in [5, 5.41) is 7.09. The van der Waals surface area contributed by atoms with Crippen LogP contribution in [0.5, 0.6) is 0 Å². The van der Waals surface area contributed by atoms with Gasteiger partial charge in [-0.1, -0.05) is 0 Å². The second kappa shape index (κ2) is 8.85. The van der Waals surface area contributed by atoms with Gasteiger partial charge in [0.15, 0.2) is 5.96 Å². The molecule has 1 saturated heterocycles. The van der Waals surface area contributed by atoms with Gasteiger partial charge in [0.25, 0.3) is 0 Å². The number of nitrogens with one attached hydrogen (secondary N) is 1. The fourth-order valence-electron chi connectivity index (χ4n) is 2.32. The van der Waals surface area contributed by atoms with Crippen LogP contribution in [0.4, 0.5) is 5.69 Å². The second-order valence-electron chi connectivity index (χ2n) is 5.53. The van der Waals surface area contributed by atoms with E-state index >= 15 is 0 Å². The molecule has 0 bridgehead atoms. The molecule has 0 spiro atoms. The van der Waals surface area contributed by atoms with Crippen LogP contribution >= 0.6 is 24.0 Å². The van der Waals surface area contributed by atoms with Gasteiger partial charge in [-0.3, -0.25) is 19.3 Å². The minimum absolute atomic E-state index is 0. The number of likely N-dealkylation sites (N-methyl/N-ethyl adjacent to an activating group) is 1. The highest BCUT2D eigenvalue weighted by molar-refractivity contribution is 14.0. The molecule has 2 heterocycles. The largest absolute Gasteiger partial charge is 0.347 e. The highest BCUT2D eigenvalue weighted by atomic mass is 127. The summed E-state index contributed by atoms with van der Waals surface area (Å²) in [4.78, 5) is 33.2. The molecule has 1 N–H and O–H groups in total. The van der Waals surface area contributed by atoms with Gasteiger partial charge in [-0.25, -0.2) is 0 Å². The molecule has 9 nitrogen and oxygen atoms in total. The van der Waals surface area contributed by atoms with E-state index in [0.29, 0.717) is 19.0 Å². The fourth-order valence-corrected chi connectivity index (χ4v) is 2.32. The van der Waals surface area contributed by atoms with Crippen molar-refractivity contribution in [3.63, 3.8) is 0 Å². The van der Waals surface area contributed by atoms with E-state index < -0.39 is 0 Å². The Balaban J connectivity index is 0.00000288. The lowest BCUT2D eigenvalue weighted by Crippen LogP contribution is -2.56. The van der Waals surface area contributed by atoms with Gasteiger partial charge in [0.1, 0.15) is 6.54 Å². The molecule has 134 valence electrons. The van der Waals surface area contributed by atoms with Gasteiger partial charge >= 0.3 is 0 Å². The maximum absolute atomic E-state index is 12.4. The summed E-state index contributed by atoms with van der Waals surface area (Å²) in [6.07, 6.45) is 3.49. The first kappa shape index (κ1) is 20.2. The van der Waals surface area contributed by atoms with Gasteiger partial charge in [0.2, 0.25) is 11.8 Å². The van der Waals surface area contributed by atoms with Crippen LogP contribution in [0.25, 0.3) is 0 Å². The highest BCUT2D eigenvalue weighted by Gasteiger charge is 2.27. The highest BCUT2D eigenvalue weighted by Crippen LogP contribution is 2.15. The molecule has 0 aliphatic carbocycles. The third-order valence-corrected chi connectivity index (χ3v) is 3.63.